The van der Waals surface area contributed by atoms with Crippen LogP contribution in [0.3, 0.4) is 0 Å². The fraction of sp³-hybridized carbons (Fsp3) is 1.00. The van der Waals surface area contributed by atoms with Gasteiger partial charge in [-0.1, -0.05) is 20.3 Å². The van der Waals surface area contributed by atoms with Gasteiger partial charge in [0.2, 0.25) is 0 Å². The van der Waals surface area contributed by atoms with Gasteiger partial charge in [0.15, 0.2) is 0 Å². The van der Waals surface area contributed by atoms with Crippen molar-refractivity contribution in [2.75, 3.05) is 39.8 Å². The topological polar surface area (TPSA) is 24.5 Å². The van der Waals surface area contributed by atoms with Crippen LogP contribution < -0.4 is 5.32 Å². The van der Waals surface area contributed by atoms with Crippen LogP contribution in [0.15, 0.2) is 0 Å². The fourth-order valence-corrected chi connectivity index (χ4v) is 2.35. The Morgan fingerprint density at radius 3 is 2.76 bits per heavy atom. The summed E-state index contributed by atoms with van der Waals surface area (Å²) in [6.45, 7) is 10.5. The summed E-state index contributed by atoms with van der Waals surface area (Å²) in [6.07, 6.45) is 5.70. The molecule has 0 aromatic heterocycles. The Kier molecular flexibility index (Phi) is 7.82. The van der Waals surface area contributed by atoms with Crippen molar-refractivity contribution in [2.24, 2.45) is 5.92 Å². The molecular weight excluding hydrogens is 212 g/mol. The normalized spacial score (nSPS) is 21.5. The van der Waals surface area contributed by atoms with Crippen LogP contribution in [0, 0.1) is 5.92 Å². The molecule has 0 radical (unpaired) electrons. The van der Waals surface area contributed by atoms with Crippen LogP contribution in [0.4, 0.5) is 0 Å². The summed E-state index contributed by atoms with van der Waals surface area (Å²) < 4.78 is 5.37. The Balaban J connectivity index is 1.85. The first-order valence-corrected chi connectivity index (χ1v) is 7.18. The molecule has 0 aliphatic carbocycles. The van der Waals surface area contributed by atoms with Crippen molar-refractivity contribution in [3.05, 3.63) is 0 Å². The number of unbranched alkanes of at least 4 members (excludes halogenated alkanes) is 2. The SMILES string of the molecule is COC1CCN(CCCCCNCC(C)C)C1. The van der Waals surface area contributed by atoms with Crippen molar-refractivity contribution in [1.82, 2.24) is 10.2 Å². The minimum atomic E-state index is 0.489. The summed E-state index contributed by atoms with van der Waals surface area (Å²) in [7, 11) is 1.83. The second-order valence-electron chi connectivity index (χ2n) is 5.61. The summed E-state index contributed by atoms with van der Waals surface area (Å²) in [5.74, 6) is 0.769. The quantitative estimate of drug-likeness (QED) is 0.627. The first kappa shape index (κ1) is 14.9. The smallest absolute Gasteiger partial charge is 0.0710 e. The zero-order valence-electron chi connectivity index (χ0n) is 11.9. The minimum absolute atomic E-state index is 0.489. The molecule has 1 fully saturated rings. The van der Waals surface area contributed by atoms with Crippen molar-refractivity contribution in [3.8, 4) is 0 Å². The van der Waals surface area contributed by atoms with E-state index in [0.29, 0.717) is 6.10 Å². The van der Waals surface area contributed by atoms with Gasteiger partial charge in [-0.05, 0) is 44.8 Å². The van der Waals surface area contributed by atoms with Crippen LogP contribution in [0.25, 0.3) is 0 Å². The fourth-order valence-electron chi connectivity index (χ4n) is 2.35. The van der Waals surface area contributed by atoms with Crippen molar-refractivity contribution in [1.29, 1.82) is 0 Å². The molecule has 1 N–H and O–H groups in total. The lowest BCUT2D eigenvalue weighted by Crippen LogP contribution is -2.24. The van der Waals surface area contributed by atoms with Gasteiger partial charge in [0.1, 0.15) is 0 Å². The molecule has 102 valence electrons. The van der Waals surface area contributed by atoms with Crippen LogP contribution in [-0.2, 0) is 4.74 Å². The van der Waals surface area contributed by atoms with Gasteiger partial charge >= 0.3 is 0 Å². The van der Waals surface area contributed by atoms with Gasteiger partial charge in [-0.25, -0.2) is 0 Å². The zero-order chi connectivity index (χ0) is 12.5. The predicted molar refractivity (Wildman–Crippen MR) is 73.4 cm³/mol. The average molecular weight is 242 g/mol. The number of likely N-dealkylation sites (tertiary alicyclic amines) is 1. The van der Waals surface area contributed by atoms with E-state index in [1.165, 1.54) is 45.3 Å². The third-order valence-electron chi connectivity index (χ3n) is 3.44. The largest absolute Gasteiger partial charge is 0.380 e. The third-order valence-corrected chi connectivity index (χ3v) is 3.44. The number of methoxy groups -OCH3 is 1. The molecule has 1 saturated heterocycles. The Labute approximate surface area is 107 Å². The van der Waals surface area contributed by atoms with E-state index in [-0.39, 0.29) is 0 Å². The first-order chi connectivity index (χ1) is 8.22. The minimum Gasteiger partial charge on any atom is -0.380 e. The highest BCUT2D eigenvalue weighted by Gasteiger charge is 2.20. The molecule has 1 atom stereocenters. The number of hydrogen-bond acceptors (Lipinski definition) is 3. The maximum Gasteiger partial charge on any atom is 0.0710 e. The highest BCUT2D eigenvalue weighted by molar-refractivity contribution is 4.75. The third kappa shape index (κ3) is 7.02. The van der Waals surface area contributed by atoms with Crippen molar-refractivity contribution in [3.63, 3.8) is 0 Å². The molecule has 3 nitrogen and oxygen atoms in total. The highest BCUT2D eigenvalue weighted by Crippen LogP contribution is 2.12. The molecule has 0 aromatic rings. The summed E-state index contributed by atoms with van der Waals surface area (Å²) in [4.78, 5) is 2.54. The number of rotatable bonds is 9. The standard InChI is InChI=1S/C14H30N2O/c1-13(2)11-15-8-5-4-6-9-16-10-7-14(12-16)17-3/h13-15H,4-12H2,1-3H3. The molecule has 1 aliphatic rings. The molecular formula is C14H30N2O. The molecule has 3 heteroatoms. The molecule has 0 amide bonds. The Morgan fingerprint density at radius 2 is 2.12 bits per heavy atom. The summed E-state index contributed by atoms with van der Waals surface area (Å²) in [5, 5.41) is 3.50. The van der Waals surface area contributed by atoms with Crippen molar-refractivity contribution >= 4 is 0 Å². The first-order valence-electron chi connectivity index (χ1n) is 7.18. The van der Waals surface area contributed by atoms with Gasteiger partial charge in [0.25, 0.3) is 0 Å². The molecule has 1 rings (SSSR count). The number of hydrogen-bond donors (Lipinski definition) is 1. The Morgan fingerprint density at radius 1 is 1.29 bits per heavy atom. The predicted octanol–water partition coefficient (Wildman–Crippen LogP) is 2.12. The molecule has 1 heterocycles. The summed E-state index contributed by atoms with van der Waals surface area (Å²) >= 11 is 0. The Hall–Kier alpha value is -0.120. The number of nitrogens with zero attached hydrogens (tertiary/aromatic N) is 1. The molecule has 0 bridgehead atoms. The van der Waals surface area contributed by atoms with E-state index in [1.54, 1.807) is 0 Å². The van der Waals surface area contributed by atoms with E-state index in [9.17, 15) is 0 Å². The second-order valence-corrected chi connectivity index (χ2v) is 5.61. The van der Waals surface area contributed by atoms with Crippen LogP contribution in [0.1, 0.15) is 39.5 Å². The lowest BCUT2D eigenvalue weighted by atomic mass is 10.2. The lowest BCUT2D eigenvalue weighted by molar-refractivity contribution is 0.108. The van der Waals surface area contributed by atoms with Crippen molar-refractivity contribution in [2.45, 2.75) is 45.6 Å². The number of ether oxygens (including phenoxy) is 1. The maximum absolute atomic E-state index is 5.37. The average Bonchev–Trinajstić information content (AvgIpc) is 2.75. The Bertz CT molecular complexity index is 185. The van der Waals surface area contributed by atoms with Crippen LogP contribution in [0.2, 0.25) is 0 Å². The maximum atomic E-state index is 5.37. The molecule has 0 spiro atoms. The van der Waals surface area contributed by atoms with E-state index in [4.69, 9.17) is 4.74 Å². The zero-order valence-corrected chi connectivity index (χ0v) is 11.9. The van der Waals surface area contributed by atoms with Crippen molar-refractivity contribution < 1.29 is 4.74 Å². The van der Waals surface area contributed by atoms with E-state index in [1.807, 2.05) is 7.11 Å². The van der Waals surface area contributed by atoms with Gasteiger partial charge in [-0.3, -0.25) is 0 Å². The molecule has 1 aliphatic heterocycles. The van der Waals surface area contributed by atoms with E-state index in [0.717, 1.165) is 19.0 Å². The molecule has 17 heavy (non-hydrogen) atoms. The molecule has 0 aromatic carbocycles. The molecule has 0 saturated carbocycles. The van der Waals surface area contributed by atoms with E-state index >= 15 is 0 Å². The van der Waals surface area contributed by atoms with E-state index < -0.39 is 0 Å². The van der Waals surface area contributed by atoms with Gasteiger partial charge in [0.05, 0.1) is 6.10 Å². The summed E-state index contributed by atoms with van der Waals surface area (Å²) in [6, 6.07) is 0. The highest BCUT2D eigenvalue weighted by atomic mass is 16.5. The van der Waals surface area contributed by atoms with Gasteiger partial charge in [0, 0.05) is 20.2 Å². The second kappa shape index (κ2) is 8.90. The van der Waals surface area contributed by atoms with Gasteiger partial charge < -0.3 is 15.0 Å². The molecule has 1 unspecified atom stereocenters. The van der Waals surface area contributed by atoms with Crippen LogP contribution >= 0.6 is 0 Å². The van der Waals surface area contributed by atoms with Crippen LogP contribution in [0.5, 0.6) is 0 Å². The lowest BCUT2D eigenvalue weighted by Gasteiger charge is -2.15. The van der Waals surface area contributed by atoms with Crippen LogP contribution in [-0.4, -0.2) is 50.8 Å². The monoisotopic (exact) mass is 242 g/mol. The van der Waals surface area contributed by atoms with E-state index in [2.05, 4.69) is 24.1 Å². The van der Waals surface area contributed by atoms with Gasteiger partial charge in [-0.2, -0.15) is 0 Å². The summed E-state index contributed by atoms with van der Waals surface area (Å²) in [5.41, 5.74) is 0. The van der Waals surface area contributed by atoms with Gasteiger partial charge in [-0.15, -0.1) is 0 Å². The number of nitrogens with one attached hydrogen (secondary N) is 1.